The molecule has 0 saturated heterocycles. The Labute approximate surface area is 153 Å². The molecule has 0 fully saturated rings. The number of hydrogen-bond acceptors (Lipinski definition) is 6. The highest BCUT2D eigenvalue weighted by atomic mass is 16.5. The third kappa shape index (κ3) is 4.63. The van der Waals surface area contributed by atoms with E-state index in [-0.39, 0.29) is 0 Å². The van der Waals surface area contributed by atoms with E-state index < -0.39 is 0 Å². The zero-order valence-electron chi connectivity index (χ0n) is 15.2. The number of anilines is 5. The van der Waals surface area contributed by atoms with Gasteiger partial charge in [0.05, 0.1) is 6.61 Å². The number of nitrogens with zero attached hydrogens (tertiary/aromatic N) is 3. The summed E-state index contributed by atoms with van der Waals surface area (Å²) in [6.45, 7) is 2.62. The molecule has 26 heavy (non-hydrogen) atoms. The van der Waals surface area contributed by atoms with Crippen molar-refractivity contribution < 1.29 is 4.74 Å². The van der Waals surface area contributed by atoms with Gasteiger partial charge in [-0.15, -0.1) is 0 Å². The van der Waals surface area contributed by atoms with Crippen LogP contribution in [-0.4, -0.2) is 30.7 Å². The van der Waals surface area contributed by atoms with Gasteiger partial charge in [-0.3, -0.25) is 0 Å². The lowest BCUT2D eigenvalue weighted by Crippen LogP contribution is -2.08. The molecule has 0 atom stereocenters. The number of rotatable bonds is 7. The first-order valence-electron chi connectivity index (χ1n) is 8.51. The van der Waals surface area contributed by atoms with Crippen molar-refractivity contribution in [2.75, 3.05) is 36.2 Å². The molecule has 6 heteroatoms. The van der Waals surface area contributed by atoms with Crippen LogP contribution in [0.25, 0.3) is 0 Å². The van der Waals surface area contributed by atoms with Gasteiger partial charge in [-0.1, -0.05) is 0 Å². The summed E-state index contributed by atoms with van der Waals surface area (Å²) in [6, 6.07) is 17.7. The molecule has 1 aromatic heterocycles. The van der Waals surface area contributed by atoms with Crippen molar-refractivity contribution in [1.29, 1.82) is 0 Å². The fraction of sp³-hybridized carbons (Fsp3) is 0.200. The molecule has 1 heterocycles. The Hall–Kier alpha value is -3.28. The molecule has 134 valence electrons. The summed E-state index contributed by atoms with van der Waals surface area (Å²) in [6.07, 6.45) is 1.72. The third-order valence-electron chi connectivity index (χ3n) is 3.73. The lowest BCUT2D eigenvalue weighted by Gasteiger charge is -2.13. The topological polar surface area (TPSA) is 62.3 Å². The third-order valence-corrected chi connectivity index (χ3v) is 3.73. The molecule has 0 bridgehead atoms. The molecule has 2 aromatic carbocycles. The van der Waals surface area contributed by atoms with Crippen LogP contribution in [0.1, 0.15) is 6.92 Å². The molecule has 0 amide bonds. The second-order valence-electron chi connectivity index (χ2n) is 5.91. The Morgan fingerprint density at radius 3 is 2.19 bits per heavy atom. The molecule has 0 unspecified atom stereocenters. The summed E-state index contributed by atoms with van der Waals surface area (Å²) in [4.78, 5) is 10.8. The average molecular weight is 349 g/mol. The molecule has 0 spiro atoms. The van der Waals surface area contributed by atoms with Gasteiger partial charge < -0.3 is 20.3 Å². The largest absolute Gasteiger partial charge is 0.494 e. The van der Waals surface area contributed by atoms with Crippen LogP contribution in [0.4, 0.5) is 28.8 Å². The zero-order chi connectivity index (χ0) is 18.4. The fourth-order valence-corrected chi connectivity index (χ4v) is 2.41. The number of nitrogens with one attached hydrogen (secondary N) is 2. The van der Waals surface area contributed by atoms with Crippen LogP contribution in [0.5, 0.6) is 5.75 Å². The normalized spacial score (nSPS) is 10.3. The van der Waals surface area contributed by atoms with Gasteiger partial charge >= 0.3 is 0 Å². The minimum atomic E-state index is 0.540. The van der Waals surface area contributed by atoms with E-state index in [9.17, 15) is 0 Å². The van der Waals surface area contributed by atoms with Crippen molar-refractivity contribution in [2.24, 2.45) is 0 Å². The number of hydrogen-bond donors (Lipinski definition) is 2. The van der Waals surface area contributed by atoms with Gasteiger partial charge in [0.2, 0.25) is 5.95 Å². The standard InChI is InChI=1S/C20H23N5O/c1-4-26-18-11-7-15(8-12-18)22-19-13-14-21-20(24-19)23-16-5-9-17(10-6-16)25(2)3/h5-14H,4H2,1-3H3,(H2,21,22,23,24). The van der Waals surface area contributed by atoms with Gasteiger partial charge in [-0.25, -0.2) is 4.98 Å². The highest BCUT2D eigenvalue weighted by Crippen LogP contribution is 2.21. The molecule has 0 aliphatic rings. The van der Waals surface area contributed by atoms with Crippen molar-refractivity contribution in [3.05, 3.63) is 60.8 Å². The van der Waals surface area contributed by atoms with Crippen LogP contribution in [-0.2, 0) is 0 Å². The molecule has 3 rings (SSSR count). The molecule has 2 N–H and O–H groups in total. The Bertz CT molecular complexity index is 832. The van der Waals surface area contributed by atoms with Crippen LogP contribution in [0, 0.1) is 0 Å². The van der Waals surface area contributed by atoms with Crippen molar-refractivity contribution in [1.82, 2.24) is 9.97 Å². The smallest absolute Gasteiger partial charge is 0.229 e. The molecular weight excluding hydrogens is 326 g/mol. The predicted molar refractivity (Wildman–Crippen MR) is 107 cm³/mol. The molecule has 3 aromatic rings. The van der Waals surface area contributed by atoms with Gasteiger partial charge in [-0.05, 0) is 61.5 Å². The number of benzene rings is 2. The monoisotopic (exact) mass is 349 g/mol. The van der Waals surface area contributed by atoms with E-state index in [2.05, 4.69) is 25.5 Å². The van der Waals surface area contributed by atoms with E-state index in [1.54, 1.807) is 6.20 Å². The Morgan fingerprint density at radius 1 is 0.885 bits per heavy atom. The molecule has 6 nitrogen and oxygen atoms in total. The maximum absolute atomic E-state index is 5.45. The molecular formula is C20H23N5O. The molecule has 0 aliphatic carbocycles. The fourth-order valence-electron chi connectivity index (χ4n) is 2.41. The first-order valence-corrected chi connectivity index (χ1v) is 8.51. The highest BCUT2D eigenvalue weighted by Gasteiger charge is 2.02. The molecule has 0 aliphatic heterocycles. The predicted octanol–water partition coefficient (Wildman–Crippen LogP) is 4.43. The van der Waals surface area contributed by atoms with Crippen molar-refractivity contribution >= 4 is 28.8 Å². The van der Waals surface area contributed by atoms with Gasteiger partial charge in [0.25, 0.3) is 0 Å². The lowest BCUT2D eigenvalue weighted by atomic mass is 10.2. The molecule has 0 saturated carbocycles. The average Bonchev–Trinajstić information content (AvgIpc) is 2.64. The number of aromatic nitrogens is 2. The second kappa shape index (κ2) is 8.20. The van der Waals surface area contributed by atoms with Crippen LogP contribution in [0.15, 0.2) is 60.8 Å². The van der Waals surface area contributed by atoms with E-state index in [1.807, 2.05) is 75.6 Å². The van der Waals surface area contributed by atoms with Gasteiger partial charge in [0, 0.05) is 37.4 Å². The Balaban J connectivity index is 1.67. The van der Waals surface area contributed by atoms with E-state index in [1.165, 1.54) is 0 Å². The lowest BCUT2D eigenvalue weighted by molar-refractivity contribution is 0.340. The minimum absolute atomic E-state index is 0.540. The first-order chi connectivity index (χ1) is 12.6. The summed E-state index contributed by atoms with van der Waals surface area (Å²) >= 11 is 0. The van der Waals surface area contributed by atoms with Crippen LogP contribution in [0.2, 0.25) is 0 Å². The van der Waals surface area contributed by atoms with Gasteiger partial charge in [0.15, 0.2) is 0 Å². The summed E-state index contributed by atoms with van der Waals surface area (Å²) in [5, 5.41) is 6.49. The van der Waals surface area contributed by atoms with E-state index in [0.29, 0.717) is 12.6 Å². The van der Waals surface area contributed by atoms with Gasteiger partial charge in [-0.2, -0.15) is 4.98 Å². The SMILES string of the molecule is CCOc1ccc(Nc2ccnc(Nc3ccc(N(C)C)cc3)n2)cc1. The van der Waals surface area contributed by atoms with E-state index in [0.717, 1.165) is 28.6 Å². The zero-order valence-corrected chi connectivity index (χ0v) is 15.2. The minimum Gasteiger partial charge on any atom is -0.494 e. The summed E-state index contributed by atoms with van der Waals surface area (Å²) in [5.41, 5.74) is 3.02. The maximum atomic E-state index is 5.45. The van der Waals surface area contributed by atoms with Crippen LogP contribution in [0.3, 0.4) is 0 Å². The Kier molecular flexibility index (Phi) is 5.53. The summed E-state index contributed by atoms with van der Waals surface area (Å²) < 4.78 is 5.45. The number of ether oxygens (including phenoxy) is 1. The van der Waals surface area contributed by atoms with Gasteiger partial charge in [0.1, 0.15) is 11.6 Å². The summed E-state index contributed by atoms with van der Waals surface area (Å²) in [5.74, 6) is 2.11. The second-order valence-corrected chi connectivity index (χ2v) is 5.91. The quantitative estimate of drug-likeness (QED) is 0.658. The van der Waals surface area contributed by atoms with Crippen LogP contribution >= 0.6 is 0 Å². The molecule has 0 radical (unpaired) electrons. The van der Waals surface area contributed by atoms with Crippen molar-refractivity contribution in [2.45, 2.75) is 6.92 Å². The Morgan fingerprint density at radius 2 is 1.54 bits per heavy atom. The maximum Gasteiger partial charge on any atom is 0.229 e. The highest BCUT2D eigenvalue weighted by molar-refractivity contribution is 5.61. The summed E-state index contributed by atoms with van der Waals surface area (Å²) in [7, 11) is 4.03. The van der Waals surface area contributed by atoms with E-state index in [4.69, 9.17) is 4.74 Å². The van der Waals surface area contributed by atoms with E-state index >= 15 is 0 Å². The first kappa shape index (κ1) is 17.5. The van der Waals surface area contributed by atoms with Crippen LogP contribution < -0.4 is 20.3 Å². The van der Waals surface area contributed by atoms with Crippen molar-refractivity contribution in [3.8, 4) is 5.75 Å². The van der Waals surface area contributed by atoms with Crippen molar-refractivity contribution in [3.63, 3.8) is 0 Å².